The Bertz CT molecular complexity index is 140. The molecule has 0 amide bonds. The van der Waals surface area contributed by atoms with Crippen molar-refractivity contribution in [2.24, 2.45) is 0 Å². The minimum Gasteiger partial charge on any atom is -0.396 e. The van der Waals surface area contributed by atoms with Crippen LogP contribution in [0.5, 0.6) is 0 Å². The number of hydrogen-bond acceptors (Lipinski definition) is 3. The molecule has 0 aliphatic rings. The topological polar surface area (TPSA) is 60.7 Å². The lowest BCUT2D eigenvalue weighted by Crippen LogP contribution is -2.32. The van der Waals surface area contributed by atoms with E-state index < -0.39 is 11.2 Å². The maximum Gasteiger partial charge on any atom is 0.0668 e. The Kier molecular flexibility index (Phi) is 4.89. The molecule has 0 fully saturated rings. The highest BCUT2D eigenvalue weighted by molar-refractivity contribution is 4.80. The van der Waals surface area contributed by atoms with Crippen molar-refractivity contribution in [3.8, 4) is 0 Å². The fraction of sp³-hybridized carbons (Fsp3) is 1.00. The highest BCUT2D eigenvalue weighted by Gasteiger charge is 2.26. The molecule has 0 saturated carbocycles. The first kappa shape index (κ1) is 12.9. The van der Waals surface area contributed by atoms with Gasteiger partial charge in [-0.3, -0.25) is 0 Å². The summed E-state index contributed by atoms with van der Waals surface area (Å²) in [6, 6.07) is 0. The third kappa shape index (κ3) is 6.02. The maximum absolute atomic E-state index is 9.91. The van der Waals surface area contributed by atoms with E-state index in [4.69, 9.17) is 5.11 Å². The molecule has 80 valence electrons. The van der Waals surface area contributed by atoms with E-state index in [1.165, 1.54) is 0 Å². The quantitative estimate of drug-likeness (QED) is 0.587. The van der Waals surface area contributed by atoms with E-state index in [1.807, 2.05) is 6.92 Å². The molecule has 0 spiro atoms. The Balaban J connectivity index is 3.97. The SMILES string of the molecule is CCC(O)(CCO)CCC(C)(C)O. The minimum atomic E-state index is -0.811. The second-order valence-electron chi connectivity index (χ2n) is 4.36. The lowest BCUT2D eigenvalue weighted by Gasteiger charge is -2.29. The van der Waals surface area contributed by atoms with Crippen molar-refractivity contribution in [3.63, 3.8) is 0 Å². The molecular formula is C10H22O3. The van der Waals surface area contributed by atoms with Crippen LogP contribution in [0.3, 0.4) is 0 Å². The van der Waals surface area contributed by atoms with E-state index >= 15 is 0 Å². The predicted molar refractivity (Wildman–Crippen MR) is 52.5 cm³/mol. The van der Waals surface area contributed by atoms with Crippen molar-refractivity contribution in [2.45, 2.75) is 57.7 Å². The zero-order valence-corrected chi connectivity index (χ0v) is 8.88. The lowest BCUT2D eigenvalue weighted by atomic mass is 9.87. The first-order valence-electron chi connectivity index (χ1n) is 4.88. The first-order valence-corrected chi connectivity index (χ1v) is 4.88. The molecule has 0 rings (SSSR count). The summed E-state index contributed by atoms with van der Waals surface area (Å²) in [5.74, 6) is 0. The van der Waals surface area contributed by atoms with Gasteiger partial charge in [0.2, 0.25) is 0 Å². The summed E-state index contributed by atoms with van der Waals surface area (Å²) in [5, 5.41) is 28.1. The maximum atomic E-state index is 9.91. The molecule has 1 unspecified atom stereocenters. The Morgan fingerprint density at radius 1 is 1.00 bits per heavy atom. The van der Waals surface area contributed by atoms with Crippen LogP contribution in [-0.2, 0) is 0 Å². The van der Waals surface area contributed by atoms with E-state index in [9.17, 15) is 10.2 Å². The molecule has 0 saturated heterocycles. The van der Waals surface area contributed by atoms with Gasteiger partial charge < -0.3 is 15.3 Å². The number of rotatable bonds is 6. The van der Waals surface area contributed by atoms with Crippen LogP contribution in [0, 0.1) is 0 Å². The van der Waals surface area contributed by atoms with Crippen molar-refractivity contribution < 1.29 is 15.3 Å². The van der Waals surface area contributed by atoms with Gasteiger partial charge in [-0.15, -0.1) is 0 Å². The van der Waals surface area contributed by atoms with Gasteiger partial charge in [0, 0.05) is 6.61 Å². The summed E-state index contributed by atoms with van der Waals surface area (Å²) in [6.45, 7) is 5.33. The zero-order valence-electron chi connectivity index (χ0n) is 8.88. The van der Waals surface area contributed by atoms with Gasteiger partial charge in [0.25, 0.3) is 0 Å². The summed E-state index contributed by atoms with van der Waals surface area (Å²) in [6.07, 6.45) is 2.09. The van der Waals surface area contributed by atoms with E-state index in [0.29, 0.717) is 25.7 Å². The summed E-state index contributed by atoms with van der Waals surface area (Å²) >= 11 is 0. The molecule has 0 aromatic rings. The Morgan fingerprint density at radius 2 is 1.54 bits per heavy atom. The Hall–Kier alpha value is -0.120. The molecule has 0 aromatic heterocycles. The summed E-state index contributed by atoms with van der Waals surface area (Å²) < 4.78 is 0. The summed E-state index contributed by atoms with van der Waals surface area (Å²) in [5.41, 5.74) is -1.55. The predicted octanol–water partition coefficient (Wildman–Crippen LogP) is 1.06. The smallest absolute Gasteiger partial charge is 0.0668 e. The van der Waals surface area contributed by atoms with E-state index in [-0.39, 0.29) is 6.61 Å². The third-order valence-electron chi connectivity index (χ3n) is 2.44. The summed E-state index contributed by atoms with van der Waals surface area (Å²) in [7, 11) is 0. The fourth-order valence-electron chi connectivity index (χ4n) is 1.23. The molecule has 3 nitrogen and oxygen atoms in total. The second-order valence-corrected chi connectivity index (χ2v) is 4.36. The Morgan fingerprint density at radius 3 is 1.85 bits per heavy atom. The molecule has 13 heavy (non-hydrogen) atoms. The molecule has 0 heterocycles. The van der Waals surface area contributed by atoms with Crippen LogP contribution in [0.4, 0.5) is 0 Å². The van der Waals surface area contributed by atoms with Gasteiger partial charge in [0.05, 0.1) is 11.2 Å². The van der Waals surface area contributed by atoms with Crippen molar-refractivity contribution in [1.29, 1.82) is 0 Å². The summed E-state index contributed by atoms with van der Waals surface area (Å²) in [4.78, 5) is 0. The average Bonchev–Trinajstić information content (AvgIpc) is 2.01. The van der Waals surface area contributed by atoms with Crippen LogP contribution in [0.25, 0.3) is 0 Å². The fourth-order valence-corrected chi connectivity index (χ4v) is 1.23. The third-order valence-corrected chi connectivity index (χ3v) is 2.44. The minimum absolute atomic E-state index is 0.00377. The van der Waals surface area contributed by atoms with Gasteiger partial charge in [-0.25, -0.2) is 0 Å². The number of aliphatic hydroxyl groups excluding tert-OH is 1. The van der Waals surface area contributed by atoms with Crippen molar-refractivity contribution in [2.75, 3.05) is 6.61 Å². The van der Waals surface area contributed by atoms with Crippen LogP contribution < -0.4 is 0 Å². The largest absolute Gasteiger partial charge is 0.396 e. The van der Waals surface area contributed by atoms with Crippen molar-refractivity contribution in [1.82, 2.24) is 0 Å². The zero-order chi connectivity index (χ0) is 10.5. The van der Waals surface area contributed by atoms with Crippen LogP contribution >= 0.6 is 0 Å². The highest BCUT2D eigenvalue weighted by Crippen LogP contribution is 2.24. The number of hydrogen-bond donors (Lipinski definition) is 3. The lowest BCUT2D eigenvalue weighted by molar-refractivity contribution is -0.0227. The number of aliphatic hydroxyl groups is 3. The van der Waals surface area contributed by atoms with Crippen LogP contribution in [0.2, 0.25) is 0 Å². The molecule has 0 aromatic carbocycles. The molecule has 1 atom stereocenters. The molecule has 3 heteroatoms. The molecule has 0 aliphatic carbocycles. The highest BCUT2D eigenvalue weighted by atomic mass is 16.3. The van der Waals surface area contributed by atoms with Crippen LogP contribution in [-0.4, -0.2) is 33.1 Å². The normalized spacial score (nSPS) is 17.1. The van der Waals surface area contributed by atoms with Crippen LogP contribution in [0.1, 0.15) is 46.5 Å². The van der Waals surface area contributed by atoms with Crippen molar-refractivity contribution in [3.05, 3.63) is 0 Å². The molecule has 0 bridgehead atoms. The standard InChI is InChI=1S/C10H22O3/c1-4-10(13,7-8-11)6-5-9(2,3)12/h11-13H,4-8H2,1-3H3. The van der Waals surface area contributed by atoms with Gasteiger partial charge in [0.1, 0.15) is 0 Å². The Labute approximate surface area is 80.4 Å². The first-order chi connectivity index (χ1) is 5.83. The van der Waals surface area contributed by atoms with E-state index in [1.54, 1.807) is 13.8 Å². The molecule has 3 N–H and O–H groups in total. The van der Waals surface area contributed by atoms with Crippen LogP contribution in [0.15, 0.2) is 0 Å². The molecule has 0 aliphatic heterocycles. The average molecular weight is 190 g/mol. The van der Waals surface area contributed by atoms with Gasteiger partial charge in [-0.2, -0.15) is 0 Å². The molecular weight excluding hydrogens is 168 g/mol. The van der Waals surface area contributed by atoms with E-state index in [2.05, 4.69) is 0 Å². The van der Waals surface area contributed by atoms with E-state index in [0.717, 1.165) is 0 Å². The van der Waals surface area contributed by atoms with Gasteiger partial charge in [-0.1, -0.05) is 6.92 Å². The monoisotopic (exact) mass is 190 g/mol. The molecule has 0 radical (unpaired) electrons. The van der Waals surface area contributed by atoms with Gasteiger partial charge in [-0.05, 0) is 39.5 Å². The van der Waals surface area contributed by atoms with Gasteiger partial charge in [0.15, 0.2) is 0 Å². The van der Waals surface area contributed by atoms with Crippen molar-refractivity contribution >= 4 is 0 Å². The second kappa shape index (κ2) is 4.94. The van der Waals surface area contributed by atoms with Gasteiger partial charge >= 0.3 is 0 Å².